The number of unbranched alkanes of at least 4 members (excludes halogenated alkanes) is 2. The molecular formula is C59H73N7O14. The summed E-state index contributed by atoms with van der Waals surface area (Å²) in [6.45, 7) is 13.0. The summed E-state index contributed by atoms with van der Waals surface area (Å²) < 4.78 is 37.2. The predicted molar refractivity (Wildman–Crippen MR) is 296 cm³/mol. The van der Waals surface area contributed by atoms with E-state index in [9.17, 15) is 29.1 Å². The van der Waals surface area contributed by atoms with Crippen LogP contribution in [0.4, 0.5) is 20.1 Å². The van der Waals surface area contributed by atoms with Crippen molar-refractivity contribution in [3.05, 3.63) is 99.0 Å². The van der Waals surface area contributed by atoms with Crippen molar-refractivity contribution >= 4 is 69.6 Å². The van der Waals surface area contributed by atoms with Crippen molar-refractivity contribution in [1.29, 1.82) is 0 Å². The molecule has 5 aliphatic rings. The molecule has 428 valence electrons. The molecule has 6 heterocycles. The third-order valence-corrected chi connectivity index (χ3v) is 15.5. The number of nitrogens with zero attached hydrogens (tertiary/aromatic N) is 7. The van der Waals surface area contributed by atoms with E-state index < -0.39 is 36.0 Å². The molecule has 3 aliphatic heterocycles. The Bertz CT molecular complexity index is 3170. The van der Waals surface area contributed by atoms with Crippen molar-refractivity contribution in [2.45, 2.75) is 98.3 Å². The monoisotopic (exact) mass is 1100 g/mol. The highest BCUT2D eigenvalue weighted by molar-refractivity contribution is 6.12. The zero-order valence-corrected chi connectivity index (χ0v) is 46.8. The molecule has 9 rings (SSSR count). The molecule has 80 heavy (non-hydrogen) atoms. The van der Waals surface area contributed by atoms with Crippen LogP contribution >= 0.6 is 0 Å². The molecule has 2 aliphatic carbocycles. The van der Waals surface area contributed by atoms with E-state index in [1.807, 2.05) is 30.9 Å². The number of anilines is 1. The van der Waals surface area contributed by atoms with Gasteiger partial charge in [-0.25, -0.2) is 28.1 Å². The van der Waals surface area contributed by atoms with Gasteiger partial charge >= 0.3 is 18.3 Å². The molecule has 1 unspecified atom stereocenters. The fraction of sp³-hybridized carbons (Fsp3) is 0.508. The van der Waals surface area contributed by atoms with Crippen molar-refractivity contribution in [1.82, 2.24) is 28.4 Å². The highest BCUT2D eigenvalue weighted by Crippen LogP contribution is 2.48. The zero-order valence-electron chi connectivity index (χ0n) is 46.8. The molecule has 0 saturated heterocycles. The van der Waals surface area contributed by atoms with E-state index in [1.165, 1.54) is 18.6 Å². The number of hydrogen-bond donors (Lipinski definition) is 1. The van der Waals surface area contributed by atoms with Gasteiger partial charge in [0, 0.05) is 110 Å². The molecule has 4 aromatic rings. The Balaban J connectivity index is 1.01. The van der Waals surface area contributed by atoms with Gasteiger partial charge in [0.25, 0.3) is 17.7 Å². The van der Waals surface area contributed by atoms with Crippen LogP contribution in [0.25, 0.3) is 22.0 Å². The lowest BCUT2D eigenvalue weighted by Gasteiger charge is -2.28. The Kier molecular flexibility index (Phi) is 18.2. The summed E-state index contributed by atoms with van der Waals surface area (Å²) in [7, 11) is 1.63. The number of hydrogen-bond acceptors (Lipinski definition) is 14. The standard InChI is InChI=1S/C59H73N7O14/c1-7-75-29-30-77-32-31-76-28-26-60(6)54(69)49-34-42-39-22-25-63(45(39)18-19-47(42)65(49)58(73)79-9-3)55(70)50-35-41-38-21-24-62(44(38)15-14-16-46(41)64(50)57(72)78-8-2)56(71)51-36-43-40-20-23-61(52(68)17-12-11-13-27-67)48(40)33-37(5)53(43)66(51)59(74)80-10-4/h14-15,18-19,34-37,67H,7-13,16-17,20-33H2,1-6H3. The summed E-state index contributed by atoms with van der Waals surface area (Å²) in [6.07, 6.45) is 6.04. The topological polar surface area (TPSA) is 223 Å². The Labute approximate surface area is 465 Å². The number of rotatable bonds is 21. The summed E-state index contributed by atoms with van der Waals surface area (Å²) in [5, 5.41) is 9.84. The normalized spacial score (nSPS) is 16.2. The smallest absolute Gasteiger partial charge is 0.419 e. The first-order valence-corrected chi connectivity index (χ1v) is 28.1. The second kappa shape index (κ2) is 25.4. The van der Waals surface area contributed by atoms with Crippen LogP contribution in [0.1, 0.15) is 145 Å². The molecule has 4 amide bonds. The van der Waals surface area contributed by atoms with Crippen molar-refractivity contribution in [2.75, 3.05) is 104 Å². The van der Waals surface area contributed by atoms with E-state index >= 15 is 9.59 Å². The van der Waals surface area contributed by atoms with Gasteiger partial charge in [0.2, 0.25) is 5.91 Å². The van der Waals surface area contributed by atoms with Crippen molar-refractivity contribution < 1.29 is 67.1 Å². The quantitative estimate of drug-likeness (QED) is 0.0618. The number of likely N-dealkylation sites (N-methyl/N-ethyl adjacent to an activating group) is 1. The maximum atomic E-state index is 15.2. The molecule has 21 nitrogen and oxygen atoms in total. The highest BCUT2D eigenvalue weighted by Gasteiger charge is 2.42. The van der Waals surface area contributed by atoms with Gasteiger partial charge in [0.05, 0.1) is 58.4 Å². The molecular weight excluding hydrogens is 1030 g/mol. The fourth-order valence-electron chi connectivity index (χ4n) is 11.8. The maximum Gasteiger partial charge on any atom is 0.419 e. The van der Waals surface area contributed by atoms with Crippen molar-refractivity contribution in [2.24, 2.45) is 0 Å². The van der Waals surface area contributed by atoms with Crippen LogP contribution in [-0.2, 0) is 46.1 Å². The van der Waals surface area contributed by atoms with Crippen LogP contribution in [0, 0.1) is 0 Å². The van der Waals surface area contributed by atoms with E-state index in [2.05, 4.69) is 0 Å². The number of aliphatic hydroxyl groups excluding tert-OH is 1. The molecule has 1 aromatic carbocycles. The minimum Gasteiger partial charge on any atom is -0.449 e. The Morgan fingerprint density at radius 2 is 1.27 bits per heavy atom. The van der Waals surface area contributed by atoms with Gasteiger partial charge in [0.1, 0.15) is 17.1 Å². The fourth-order valence-corrected chi connectivity index (χ4v) is 11.8. The molecule has 0 bridgehead atoms. The average molecular weight is 1100 g/mol. The third kappa shape index (κ3) is 11.0. The number of carbonyl (C=O) groups excluding carboxylic acids is 7. The first kappa shape index (κ1) is 57.4. The van der Waals surface area contributed by atoms with Crippen LogP contribution in [0.2, 0.25) is 0 Å². The second-order valence-electron chi connectivity index (χ2n) is 20.2. The minimum atomic E-state index is -0.736. The van der Waals surface area contributed by atoms with Crippen LogP contribution < -0.4 is 4.90 Å². The minimum absolute atomic E-state index is 0.0230. The van der Waals surface area contributed by atoms with E-state index in [-0.39, 0.29) is 88.0 Å². The Morgan fingerprint density at radius 3 is 1.99 bits per heavy atom. The van der Waals surface area contributed by atoms with Gasteiger partial charge < -0.3 is 53.1 Å². The van der Waals surface area contributed by atoms with E-state index in [0.717, 1.165) is 34.4 Å². The van der Waals surface area contributed by atoms with Gasteiger partial charge in [-0.1, -0.05) is 19.4 Å². The first-order valence-electron chi connectivity index (χ1n) is 28.1. The number of aliphatic hydroxyl groups is 1. The average Bonchev–Trinajstić information content (AvgIpc) is 4.41. The Hall–Kier alpha value is -7.33. The van der Waals surface area contributed by atoms with Crippen LogP contribution in [0.3, 0.4) is 0 Å². The molecule has 21 heteroatoms. The molecule has 3 aromatic heterocycles. The Morgan fingerprint density at radius 1 is 0.650 bits per heavy atom. The van der Waals surface area contributed by atoms with Crippen molar-refractivity contribution in [3.8, 4) is 0 Å². The van der Waals surface area contributed by atoms with Crippen LogP contribution in [0.5, 0.6) is 0 Å². The second-order valence-corrected chi connectivity index (χ2v) is 20.2. The van der Waals surface area contributed by atoms with Crippen LogP contribution in [0.15, 0.2) is 53.9 Å². The summed E-state index contributed by atoms with van der Waals surface area (Å²) in [5.74, 6) is -1.54. The lowest BCUT2D eigenvalue weighted by molar-refractivity contribution is -0.129. The highest BCUT2D eigenvalue weighted by atomic mass is 16.6. The maximum absolute atomic E-state index is 15.2. The summed E-state index contributed by atoms with van der Waals surface area (Å²) in [4.78, 5) is 106. The summed E-state index contributed by atoms with van der Waals surface area (Å²) in [5.41, 5.74) is 7.68. The number of allylic oxidation sites excluding steroid dienone is 3. The molecule has 0 radical (unpaired) electrons. The number of ether oxygens (including phenoxy) is 6. The largest absolute Gasteiger partial charge is 0.449 e. The number of benzene rings is 1. The van der Waals surface area contributed by atoms with Gasteiger partial charge in [-0.15, -0.1) is 0 Å². The third-order valence-electron chi connectivity index (χ3n) is 15.5. The lowest BCUT2D eigenvalue weighted by Crippen LogP contribution is -2.33. The molecule has 0 fully saturated rings. The first-order chi connectivity index (χ1) is 38.8. The zero-order chi connectivity index (χ0) is 56.8. The number of carbonyl (C=O) groups is 7. The number of fused-ring (bicyclic) bond motifs is 7. The molecule has 0 spiro atoms. The van der Waals surface area contributed by atoms with E-state index in [0.29, 0.717) is 124 Å². The van der Waals surface area contributed by atoms with Crippen molar-refractivity contribution in [3.63, 3.8) is 0 Å². The lowest BCUT2D eigenvalue weighted by atomic mass is 9.86. The summed E-state index contributed by atoms with van der Waals surface area (Å²) >= 11 is 0. The molecule has 1 N–H and O–H groups in total. The van der Waals surface area contributed by atoms with Gasteiger partial charge in [-0.2, -0.15) is 0 Å². The van der Waals surface area contributed by atoms with Crippen LogP contribution in [-0.4, -0.2) is 175 Å². The van der Waals surface area contributed by atoms with E-state index in [4.69, 9.17) is 28.4 Å². The number of amides is 4. The van der Waals surface area contributed by atoms with E-state index in [1.54, 1.807) is 68.0 Å². The van der Waals surface area contributed by atoms with Gasteiger partial charge in [-0.3, -0.25) is 19.2 Å². The summed E-state index contributed by atoms with van der Waals surface area (Å²) in [6, 6.07) is 8.54. The van der Waals surface area contributed by atoms with Gasteiger partial charge in [-0.05, 0) is 119 Å². The predicted octanol–water partition coefficient (Wildman–Crippen LogP) is 7.98. The molecule has 1 atom stereocenters. The number of aromatic nitrogens is 3. The SMILES string of the molecule is CCOCCOCCOCCN(C)C(=O)c1cc2c3c(ccc2n1C(=O)OCC)N(C(=O)c1cc2c(n1C(=O)OCC)CC=CC1=C2CCN1C(=O)c1cc2c(n1C(=O)OCC)C(C)CC1=C2CCN1C(=O)CCCCCO)CC3. The van der Waals surface area contributed by atoms with Gasteiger partial charge in [0.15, 0.2) is 0 Å². The molecule has 0 saturated carbocycles.